The minimum absolute atomic E-state index is 0.234. The minimum Gasteiger partial charge on any atom is -0.494 e. The van der Waals surface area contributed by atoms with E-state index in [4.69, 9.17) is 4.74 Å². The van der Waals surface area contributed by atoms with Crippen LogP contribution in [0.5, 0.6) is 5.75 Å². The van der Waals surface area contributed by atoms with E-state index in [0.717, 1.165) is 31.7 Å². The molecule has 19 heavy (non-hydrogen) atoms. The fraction of sp³-hybridized carbons (Fsp3) is 0.647. The van der Waals surface area contributed by atoms with Crippen molar-refractivity contribution in [2.24, 2.45) is 0 Å². The second-order valence-corrected chi connectivity index (χ2v) is 6.13. The van der Waals surface area contributed by atoms with E-state index in [1.807, 2.05) is 0 Å². The monoisotopic (exact) mass is 263 g/mol. The maximum atomic E-state index is 5.58. The van der Waals surface area contributed by atoms with Crippen LogP contribution in [0.25, 0.3) is 0 Å². The summed E-state index contributed by atoms with van der Waals surface area (Å²) in [5.74, 6) is 0.986. The van der Waals surface area contributed by atoms with Crippen LogP contribution >= 0.6 is 0 Å². The van der Waals surface area contributed by atoms with Crippen LogP contribution in [-0.2, 0) is 6.42 Å². The topological polar surface area (TPSA) is 21.3 Å². The van der Waals surface area contributed by atoms with Gasteiger partial charge in [0.05, 0.1) is 6.61 Å². The molecule has 108 valence electrons. The van der Waals surface area contributed by atoms with Gasteiger partial charge in [0.15, 0.2) is 0 Å². The van der Waals surface area contributed by atoms with Crippen molar-refractivity contribution in [3.05, 3.63) is 29.8 Å². The molecule has 0 atom stereocenters. The lowest BCUT2D eigenvalue weighted by Crippen LogP contribution is -2.36. The highest BCUT2D eigenvalue weighted by molar-refractivity contribution is 5.27. The Labute approximate surface area is 118 Å². The molecule has 0 spiro atoms. The molecule has 0 saturated heterocycles. The molecule has 1 aromatic carbocycles. The van der Waals surface area contributed by atoms with Gasteiger partial charge in [0.25, 0.3) is 0 Å². The molecule has 2 nitrogen and oxygen atoms in total. The Morgan fingerprint density at radius 2 is 1.74 bits per heavy atom. The van der Waals surface area contributed by atoms with E-state index in [2.05, 4.69) is 57.3 Å². The second kappa shape index (κ2) is 8.21. The molecule has 0 heterocycles. The van der Waals surface area contributed by atoms with Crippen molar-refractivity contribution in [3.63, 3.8) is 0 Å². The van der Waals surface area contributed by atoms with Crippen LogP contribution < -0.4 is 10.1 Å². The number of hydrogen-bond donors (Lipinski definition) is 1. The lowest BCUT2D eigenvalue weighted by Gasteiger charge is -2.20. The van der Waals surface area contributed by atoms with E-state index in [-0.39, 0.29) is 5.54 Å². The highest BCUT2D eigenvalue weighted by Crippen LogP contribution is 2.14. The summed E-state index contributed by atoms with van der Waals surface area (Å²) >= 11 is 0. The highest BCUT2D eigenvalue weighted by Gasteiger charge is 2.06. The van der Waals surface area contributed by atoms with Crippen molar-refractivity contribution in [2.75, 3.05) is 13.2 Å². The zero-order valence-electron chi connectivity index (χ0n) is 13.0. The van der Waals surface area contributed by atoms with Gasteiger partial charge in [0, 0.05) is 5.54 Å². The van der Waals surface area contributed by atoms with Gasteiger partial charge in [-0.05, 0) is 70.7 Å². The zero-order chi connectivity index (χ0) is 14.1. The molecule has 1 rings (SSSR count). The summed E-state index contributed by atoms with van der Waals surface area (Å²) in [6.07, 6.45) is 4.67. The fourth-order valence-electron chi connectivity index (χ4n) is 1.89. The SMILES string of the molecule is CCCOc1ccc(CCCCNC(C)(C)C)cc1. The Morgan fingerprint density at radius 3 is 2.32 bits per heavy atom. The number of aryl methyl sites for hydroxylation is 1. The van der Waals surface area contributed by atoms with Crippen LogP contribution in [-0.4, -0.2) is 18.7 Å². The third kappa shape index (κ3) is 7.89. The van der Waals surface area contributed by atoms with Crippen LogP contribution in [0.3, 0.4) is 0 Å². The van der Waals surface area contributed by atoms with Crippen molar-refractivity contribution < 1.29 is 4.74 Å². The molecule has 1 aromatic rings. The number of benzene rings is 1. The molecule has 0 unspecified atom stereocenters. The van der Waals surface area contributed by atoms with Gasteiger partial charge in [-0.1, -0.05) is 19.1 Å². The summed E-state index contributed by atoms with van der Waals surface area (Å²) in [4.78, 5) is 0. The second-order valence-electron chi connectivity index (χ2n) is 6.13. The zero-order valence-corrected chi connectivity index (χ0v) is 13.0. The smallest absolute Gasteiger partial charge is 0.119 e. The molecule has 0 aliphatic carbocycles. The van der Waals surface area contributed by atoms with Crippen LogP contribution in [0.15, 0.2) is 24.3 Å². The Hall–Kier alpha value is -1.02. The fourth-order valence-corrected chi connectivity index (χ4v) is 1.89. The van der Waals surface area contributed by atoms with Crippen molar-refractivity contribution in [2.45, 2.75) is 58.9 Å². The van der Waals surface area contributed by atoms with Gasteiger partial charge in [0.1, 0.15) is 5.75 Å². The average Bonchev–Trinajstić information content (AvgIpc) is 2.36. The first-order valence-corrected chi connectivity index (χ1v) is 7.48. The maximum Gasteiger partial charge on any atom is 0.119 e. The van der Waals surface area contributed by atoms with E-state index < -0.39 is 0 Å². The predicted octanol–water partition coefficient (Wildman–Crippen LogP) is 4.19. The molecule has 0 fully saturated rings. The van der Waals surface area contributed by atoms with Crippen molar-refractivity contribution >= 4 is 0 Å². The van der Waals surface area contributed by atoms with Crippen LogP contribution in [0.1, 0.15) is 52.5 Å². The molecule has 2 heteroatoms. The van der Waals surface area contributed by atoms with Crippen LogP contribution in [0.4, 0.5) is 0 Å². The van der Waals surface area contributed by atoms with Gasteiger partial charge in [-0.25, -0.2) is 0 Å². The lowest BCUT2D eigenvalue weighted by molar-refractivity contribution is 0.317. The minimum atomic E-state index is 0.234. The number of hydrogen-bond acceptors (Lipinski definition) is 2. The van der Waals surface area contributed by atoms with Gasteiger partial charge in [-0.2, -0.15) is 0 Å². The first-order valence-electron chi connectivity index (χ1n) is 7.48. The van der Waals surface area contributed by atoms with Gasteiger partial charge >= 0.3 is 0 Å². The van der Waals surface area contributed by atoms with E-state index in [1.165, 1.54) is 18.4 Å². The standard InChI is InChI=1S/C17H29NO/c1-5-14-19-16-11-9-15(10-12-16)8-6-7-13-18-17(2,3)4/h9-12,18H,5-8,13-14H2,1-4H3. The van der Waals surface area contributed by atoms with Gasteiger partial charge in [-0.3, -0.25) is 0 Å². The molecule has 0 aliphatic heterocycles. The summed E-state index contributed by atoms with van der Waals surface area (Å²) in [5, 5.41) is 3.52. The van der Waals surface area contributed by atoms with Crippen molar-refractivity contribution in [1.82, 2.24) is 5.32 Å². The molecular weight excluding hydrogens is 234 g/mol. The van der Waals surface area contributed by atoms with E-state index >= 15 is 0 Å². The normalized spacial score (nSPS) is 11.6. The molecule has 0 aromatic heterocycles. The predicted molar refractivity (Wildman–Crippen MR) is 82.9 cm³/mol. The third-order valence-electron chi connectivity index (χ3n) is 2.94. The summed E-state index contributed by atoms with van der Waals surface area (Å²) < 4.78 is 5.58. The summed E-state index contributed by atoms with van der Waals surface area (Å²) in [5.41, 5.74) is 1.64. The van der Waals surface area contributed by atoms with Gasteiger partial charge in [-0.15, -0.1) is 0 Å². The summed E-state index contributed by atoms with van der Waals surface area (Å²) in [7, 11) is 0. The highest BCUT2D eigenvalue weighted by atomic mass is 16.5. The van der Waals surface area contributed by atoms with Crippen LogP contribution in [0, 0.1) is 0 Å². The number of nitrogens with one attached hydrogen (secondary N) is 1. The molecule has 0 saturated carbocycles. The van der Waals surface area contributed by atoms with Crippen molar-refractivity contribution in [3.8, 4) is 5.75 Å². The quantitative estimate of drug-likeness (QED) is 0.710. The van der Waals surface area contributed by atoms with E-state index in [0.29, 0.717) is 0 Å². The largest absolute Gasteiger partial charge is 0.494 e. The summed E-state index contributed by atoms with van der Waals surface area (Å²) in [6, 6.07) is 8.53. The third-order valence-corrected chi connectivity index (χ3v) is 2.94. The Kier molecular flexibility index (Phi) is 6.93. The Bertz CT molecular complexity index is 337. The van der Waals surface area contributed by atoms with Gasteiger partial charge < -0.3 is 10.1 Å². The molecule has 0 radical (unpaired) electrons. The first-order chi connectivity index (χ1) is 9.01. The lowest BCUT2D eigenvalue weighted by atomic mass is 10.1. The first kappa shape index (κ1) is 16.0. The average molecular weight is 263 g/mol. The van der Waals surface area contributed by atoms with E-state index in [9.17, 15) is 0 Å². The molecule has 0 amide bonds. The number of unbranched alkanes of at least 4 members (excludes halogenated alkanes) is 1. The number of rotatable bonds is 8. The Balaban J connectivity index is 2.19. The maximum absolute atomic E-state index is 5.58. The number of ether oxygens (including phenoxy) is 1. The van der Waals surface area contributed by atoms with Crippen molar-refractivity contribution in [1.29, 1.82) is 0 Å². The van der Waals surface area contributed by atoms with Gasteiger partial charge in [0.2, 0.25) is 0 Å². The molecule has 1 N–H and O–H groups in total. The molecular formula is C17H29NO. The summed E-state index contributed by atoms with van der Waals surface area (Å²) in [6.45, 7) is 10.7. The van der Waals surface area contributed by atoms with Crippen LogP contribution in [0.2, 0.25) is 0 Å². The van der Waals surface area contributed by atoms with E-state index in [1.54, 1.807) is 0 Å². The molecule has 0 bridgehead atoms. The Morgan fingerprint density at radius 1 is 1.05 bits per heavy atom. The molecule has 0 aliphatic rings.